The van der Waals surface area contributed by atoms with Crippen LogP contribution in [0.1, 0.15) is 67.9 Å². The van der Waals surface area contributed by atoms with Gasteiger partial charge in [0.25, 0.3) is 5.91 Å². The molecule has 4 N–H and O–H groups in total. The number of allylic oxidation sites excluding steroid dienone is 3. The van der Waals surface area contributed by atoms with E-state index >= 15 is 0 Å². The molecule has 0 spiro atoms. The van der Waals surface area contributed by atoms with Gasteiger partial charge in [0.15, 0.2) is 0 Å². The summed E-state index contributed by atoms with van der Waals surface area (Å²) in [6.45, 7) is 12.1. The lowest BCUT2D eigenvalue weighted by atomic mass is 9.89. The molecule has 1 unspecified atom stereocenters. The lowest BCUT2D eigenvalue weighted by molar-refractivity contribution is -0.119. The zero-order chi connectivity index (χ0) is 32.1. The minimum atomic E-state index is -0.826. The second kappa shape index (κ2) is 14.6. The Hall–Kier alpha value is -3.66. The Morgan fingerprint density at radius 3 is 2.36 bits per heavy atom. The Morgan fingerprint density at radius 1 is 1.02 bits per heavy atom. The zero-order valence-corrected chi connectivity index (χ0v) is 27.4. The second-order valence-electron chi connectivity index (χ2n) is 12.8. The van der Waals surface area contributed by atoms with Crippen molar-refractivity contribution >= 4 is 17.5 Å². The maximum atomic E-state index is 13.8. The first-order valence-electron chi connectivity index (χ1n) is 16.2. The maximum absolute atomic E-state index is 13.8. The van der Waals surface area contributed by atoms with E-state index in [-0.39, 0.29) is 24.4 Å². The number of aliphatic hydroxyl groups is 1. The van der Waals surface area contributed by atoms with Crippen molar-refractivity contribution in [2.75, 3.05) is 44.8 Å². The second-order valence-corrected chi connectivity index (χ2v) is 12.8. The highest BCUT2D eigenvalue weighted by Gasteiger charge is 2.27. The monoisotopic (exact) mass is 615 g/mol. The molecule has 45 heavy (non-hydrogen) atoms. The number of amides is 2. The topological polar surface area (TPSA) is 106 Å². The van der Waals surface area contributed by atoms with Gasteiger partial charge in [0, 0.05) is 74.8 Å². The van der Waals surface area contributed by atoms with Crippen molar-refractivity contribution in [2.45, 2.75) is 78.2 Å². The van der Waals surface area contributed by atoms with Crippen molar-refractivity contribution < 1.29 is 19.4 Å². The summed E-state index contributed by atoms with van der Waals surface area (Å²) in [4.78, 5) is 30.1. The van der Waals surface area contributed by atoms with E-state index in [1.807, 2.05) is 32.9 Å². The molecule has 2 aromatic carbocycles. The van der Waals surface area contributed by atoms with E-state index in [1.54, 1.807) is 6.92 Å². The van der Waals surface area contributed by atoms with Gasteiger partial charge < -0.3 is 30.7 Å². The number of morpholine rings is 1. The van der Waals surface area contributed by atoms with Crippen molar-refractivity contribution in [3.8, 4) is 11.1 Å². The number of dihydropyridines is 1. The Morgan fingerprint density at radius 2 is 1.71 bits per heavy atom. The predicted octanol–water partition coefficient (Wildman–Crippen LogP) is 4.25. The zero-order valence-electron chi connectivity index (χ0n) is 27.4. The van der Waals surface area contributed by atoms with Crippen molar-refractivity contribution in [3.63, 3.8) is 0 Å². The van der Waals surface area contributed by atoms with Crippen molar-refractivity contribution in [1.82, 2.24) is 20.9 Å². The number of hydrogen-bond acceptors (Lipinski definition) is 7. The van der Waals surface area contributed by atoms with Crippen LogP contribution in [-0.4, -0.2) is 80.0 Å². The van der Waals surface area contributed by atoms with E-state index in [0.29, 0.717) is 11.6 Å². The third-order valence-electron chi connectivity index (χ3n) is 9.53. The number of anilines is 1. The van der Waals surface area contributed by atoms with Crippen LogP contribution in [0.2, 0.25) is 0 Å². The highest BCUT2D eigenvalue weighted by Crippen LogP contribution is 2.35. The summed E-state index contributed by atoms with van der Waals surface area (Å²) in [5, 5.41) is 19.8. The summed E-state index contributed by atoms with van der Waals surface area (Å²) in [6, 6.07) is 13.4. The Bertz CT molecular complexity index is 1440. The molecule has 2 aromatic rings. The summed E-state index contributed by atoms with van der Waals surface area (Å²) in [5.74, 6) is -0.142. The molecule has 1 saturated heterocycles. The summed E-state index contributed by atoms with van der Waals surface area (Å²) in [7, 11) is 2.12. The molecular weight excluding hydrogens is 566 g/mol. The molecule has 2 aliphatic heterocycles. The standard InChI is InChI=1S/C36H49N5O4/c1-23-18-24(2)38-36(44)33(23)21-37-35(43)32-19-29(28-8-6-27(7-9-28)22-41-14-16-45-17-15-41)20-34(25(32)3)40(5)31-12-10-30(11-13-31)39-26(4)42/h6-9,18-20,30-31,36,38,44H,10-17,21-22H2,1-5H3,(H,37,43)(H,39,42). The fraction of sp³-hybridized carbons (Fsp3) is 0.500. The largest absolute Gasteiger partial charge is 0.379 e. The average Bonchev–Trinajstić information content (AvgIpc) is 3.01. The smallest absolute Gasteiger partial charge is 0.251 e. The Labute approximate surface area is 267 Å². The number of nitrogens with zero attached hydrogens (tertiary/aromatic N) is 2. The first-order chi connectivity index (χ1) is 21.6. The van der Waals surface area contributed by atoms with Gasteiger partial charge in [0.2, 0.25) is 5.91 Å². The fourth-order valence-electron chi connectivity index (χ4n) is 6.86. The molecule has 5 rings (SSSR count). The molecule has 0 aromatic heterocycles. The molecule has 9 heteroatoms. The Kier molecular flexibility index (Phi) is 10.6. The summed E-state index contributed by atoms with van der Waals surface area (Å²) in [5.41, 5.74) is 8.50. The molecular formula is C36H49N5O4. The van der Waals surface area contributed by atoms with Crippen LogP contribution < -0.4 is 20.9 Å². The average molecular weight is 616 g/mol. The maximum Gasteiger partial charge on any atom is 0.251 e. The number of ether oxygens (including phenoxy) is 1. The minimum absolute atomic E-state index is 0.0237. The van der Waals surface area contributed by atoms with Gasteiger partial charge in [-0.25, -0.2) is 0 Å². The van der Waals surface area contributed by atoms with Crippen molar-refractivity contribution in [2.24, 2.45) is 0 Å². The number of hydrogen-bond donors (Lipinski definition) is 4. The van der Waals surface area contributed by atoms with Crippen LogP contribution >= 0.6 is 0 Å². The van der Waals surface area contributed by atoms with Crippen LogP contribution in [0.5, 0.6) is 0 Å². The van der Waals surface area contributed by atoms with Crippen molar-refractivity contribution in [1.29, 1.82) is 0 Å². The van der Waals surface area contributed by atoms with Gasteiger partial charge in [0.05, 0.1) is 13.2 Å². The van der Waals surface area contributed by atoms with Gasteiger partial charge in [-0.1, -0.05) is 24.3 Å². The van der Waals surface area contributed by atoms with E-state index in [9.17, 15) is 14.7 Å². The van der Waals surface area contributed by atoms with E-state index in [0.717, 1.165) is 97.8 Å². The van der Waals surface area contributed by atoms with E-state index in [1.165, 1.54) is 5.56 Å². The normalized spacial score (nSPS) is 22.4. The minimum Gasteiger partial charge on any atom is -0.379 e. The summed E-state index contributed by atoms with van der Waals surface area (Å²) < 4.78 is 5.50. The van der Waals surface area contributed by atoms with E-state index < -0.39 is 6.23 Å². The molecule has 0 radical (unpaired) electrons. The van der Waals surface area contributed by atoms with Gasteiger partial charge in [-0.15, -0.1) is 0 Å². The fourth-order valence-corrected chi connectivity index (χ4v) is 6.86. The predicted molar refractivity (Wildman–Crippen MR) is 179 cm³/mol. The number of benzene rings is 2. The van der Waals surface area contributed by atoms with Gasteiger partial charge >= 0.3 is 0 Å². The molecule has 1 atom stereocenters. The highest BCUT2D eigenvalue weighted by molar-refractivity contribution is 5.99. The van der Waals surface area contributed by atoms with Crippen LogP contribution in [-0.2, 0) is 16.1 Å². The van der Waals surface area contributed by atoms with Crippen LogP contribution in [0, 0.1) is 6.92 Å². The number of carbonyl (C=O) groups is 2. The quantitative estimate of drug-likeness (QED) is 0.334. The lowest BCUT2D eigenvalue weighted by Gasteiger charge is -2.37. The highest BCUT2D eigenvalue weighted by atomic mass is 16.5. The number of carbonyl (C=O) groups excluding carboxylic acids is 2. The number of nitrogens with one attached hydrogen (secondary N) is 3. The van der Waals surface area contributed by atoms with Crippen LogP contribution in [0.15, 0.2) is 59.3 Å². The summed E-state index contributed by atoms with van der Waals surface area (Å²) >= 11 is 0. The van der Waals surface area contributed by atoms with Gasteiger partial charge in [-0.2, -0.15) is 0 Å². The number of rotatable bonds is 9. The van der Waals surface area contributed by atoms with Gasteiger partial charge in [-0.3, -0.25) is 14.5 Å². The third-order valence-corrected chi connectivity index (χ3v) is 9.53. The van der Waals surface area contributed by atoms with Crippen LogP contribution in [0.3, 0.4) is 0 Å². The van der Waals surface area contributed by atoms with Crippen LogP contribution in [0.4, 0.5) is 5.69 Å². The lowest BCUT2D eigenvalue weighted by Crippen LogP contribution is -2.42. The molecule has 242 valence electrons. The molecule has 0 bridgehead atoms. The molecule has 2 fully saturated rings. The Balaban J connectivity index is 1.41. The van der Waals surface area contributed by atoms with Crippen LogP contribution in [0.25, 0.3) is 11.1 Å². The molecule has 3 aliphatic rings. The number of aliphatic hydroxyl groups excluding tert-OH is 1. The molecule has 9 nitrogen and oxygen atoms in total. The van der Waals surface area contributed by atoms with Crippen molar-refractivity contribution in [3.05, 3.63) is 76.0 Å². The third kappa shape index (κ3) is 8.14. The van der Waals surface area contributed by atoms with E-state index in [2.05, 4.69) is 63.1 Å². The summed E-state index contributed by atoms with van der Waals surface area (Å²) in [6.07, 6.45) is 4.96. The van der Waals surface area contributed by atoms with E-state index in [4.69, 9.17) is 4.74 Å². The SMILES string of the molecule is CC(=O)NC1CCC(N(C)c2cc(-c3ccc(CN4CCOCC4)cc3)cc(C(=O)NCC3=C(C)C=C(C)NC3O)c2C)CC1. The molecule has 1 aliphatic carbocycles. The first-order valence-corrected chi connectivity index (χ1v) is 16.2. The van der Waals surface area contributed by atoms with Gasteiger partial charge in [-0.05, 0) is 92.5 Å². The molecule has 2 amide bonds. The first kappa shape index (κ1) is 32.7. The van der Waals surface area contributed by atoms with Gasteiger partial charge in [0.1, 0.15) is 6.23 Å². The molecule has 2 heterocycles. The molecule has 1 saturated carbocycles.